The van der Waals surface area contributed by atoms with E-state index in [0.29, 0.717) is 18.0 Å². The number of aryl methyl sites for hydroxylation is 1. The summed E-state index contributed by atoms with van der Waals surface area (Å²) >= 11 is 0. The number of hydrogen-bond acceptors (Lipinski definition) is 6. The highest BCUT2D eigenvalue weighted by atomic mass is 16.5. The average Bonchev–Trinajstić information content (AvgIpc) is 2.90. The van der Waals surface area contributed by atoms with E-state index < -0.39 is 0 Å². The Bertz CT molecular complexity index is 841. The highest BCUT2D eigenvalue weighted by molar-refractivity contribution is 5.89. The number of benzene rings is 1. The van der Waals surface area contributed by atoms with Crippen LogP contribution >= 0.6 is 0 Å². The molecule has 1 amide bonds. The van der Waals surface area contributed by atoms with Gasteiger partial charge in [-0.25, -0.2) is 4.98 Å². The van der Waals surface area contributed by atoms with Gasteiger partial charge in [-0.05, 0) is 30.5 Å². The number of nitrogens with two attached hydrogens (primary N) is 1. The molecule has 1 aromatic carbocycles. The van der Waals surface area contributed by atoms with Crippen molar-refractivity contribution in [3.8, 4) is 0 Å². The molecule has 3 rings (SSSR count). The van der Waals surface area contributed by atoms with E-state index in [4.69, 9.17) is 10.3 Å². The first-order valence-electron chi connectivity index (χ1n) is 7.27. The van der Waals surface area contributed by atoms with Gasteiger partial charge in [0.25, 0.3) is 5.71 Å². The van der Waals surface area contributed by atoms with Crippen LogP contribution in [-0.2, 0) is 4.79 Å². The van der Waals surface area contributed by atoms with Crippen LogP contribution in [0.1, 0.15) is 30.5 Å². The second-order valence-electron chi connectivity index (χ2n) is 5.49. The fourth-order valence-electron chi connectivity index (χ4n) is 2.47. The molecular weight excluding hydrogens is 294 g/mol. The quantitative estimate of drug-likeness (QED) is 0.750. The monoisotopic (exact) mass is 311 g/mol. The Morgan fingerprint density at radius 1 is 1.30 bits per heavy atom. The number of carbonyl (C=O) groups is 1. The molecule has 2 heterocycles. The molecule has 1 unspecified atom stereocenters. The molecule has 2 aromatic heterocycles. The van der Waals surface area contributed by atoms with Crippen LogP contribution in [-0.4, -0.2) is 21.0 Å². The van der Waals surface area contributed by atoms with Gasteiger partial charge in [0.05, 0.1) is 5.69 Å². The van der Waals surface area contributed by atoms with Crippen LogP contribution in [0.4, 0.5) is 11.5 Å². The number of hydrogen-bond donors (Lipinski definition) is 2. The Hall–Kier alpha value is -2.96. The molecule has 0 aliphatic carbocycles. The molecule has 0 aliphatic heterocycles. The first kappa shape index (κ1) is 15.0. The number of carbonyl (C=O) groups excluding carboxylic acids is 1. The van der Waals surface area contributed by atoms with Crippen LogP contribution in [0.5, 0.6) is 0 Å². The van der Waals surface area contributed by atoms with Crippen molar-refractivity contribution >= 4 is 28.5 Å². The third-order valence-corrected chi connectivity index (χ3v) is 3.69. The minimum absolute atomic E-state index is 0.0904. The Labute approximate surface area is 132 Å². The normalized spacial score (nSPS) is 12.3. The van der Waals surface area contributed by atoms with Gasteiger partial charge < -0.3 is 15.6 Å². The summed E-state index contributed by atoms with van der Waals surface area (Å²) < 4.78 is 5.13. The van der Waals surface area contributed by atoms with Gasteiger partial charge in [-0.3, -0.25) is 4.79 Å². The largest absolute Gasteiger partial charge is 0.370 e. The highest BCUT2D eigenvalue weighted by Crippen LogP contribution is 2.27. The molecule has 3 N–H and O–H groups in total. The van der Waals surface area contributed by atoms with Gasteiger partial charge in [-0.1, -0.05) is 24.2 Å². The van der Waals surface area contributed by atoms with E-state index in [2.05, 4.69) is 20.4 Å². The summed E-state index contributed by atoms with van der Waals surface area (Å²) in [6, 6.07) is 7.80. The molecule has 0 radical (unpaired) electrons. The Kier molecular flexibility index (Phi) is 3.92. The highest BCUT2D eigenvalue weighted by Gasteiger charge is 2.13. The number of aromatic nitrogens is 3. The van der Waals surface area contributed by atoms with Crippen molar-refractivity contribution in [3.63, 3.8) is 0 Å². The zero-order chi connectivity index (χ0) is 16.4. The number of nitrogens with one attached hydrogen (secondary N) is 1. The van der Waals surface area contributed by atoms with Crippen molar-refractivity contribution in [1.29, 1.82) is 0 Å². The minimum atomic E-state index is -0.300. The van der Waals surface area contributed by atoms with Gasteiger partial charge in [0, 0.05) is 12.1 Å². The number of primary amides is 1. The van der Waals surface area contributed by atoms with Crippen molar-refractivity contribution in [2.45, 2.75) is 26.2 Å². The van der Waals surface area contributed by atoms with Gasteiger partial charge in [0.2, 0.25) is 5.91 Å². The fourth-order valence-corrected chi connectivity index (χ4v) is 2.47. The molecule has 3 aromatic rings. The third kappa shape index (κ3) is 3.13. The summed E-state index contributed by atoms with van der Waals surface area (Å²) in [5.41, 5.74) is 8.36. The zero-order valence-corrected chi connectivity index (χ0v) is 12.9. The first-order valence-corrected chi connectivity index (χ1v) is 7.27. The van der Waals surface area contributed by atoms with E-state index in [1.54, 1.807) is 0 Å². The molecule has 0 spiro atoms. The van der Waals surface area contributed by atoms with Crippen LogP contribution in [0, 0.1) is 6.92 Å². The van der Waals surface area contributed by atoms with Crippen LogP contribution in [0.3, 0.4) is 0 Å². The molecular formula is C16H17N5O2. The van der Waals surface area contributed by atoms with Crippen LogP contribution in [0.15, 0.2) is 35.1 Å². The summed E-state index contributed by atoms with van der Waals surface area (Å²) in [6.45, 7) is 3.82. The van der Waals surface area contributed by atoms with E-state index in [1.165, 1.54) is 6.33 Å². The second kappa shape index (κ2) is 6.04. The van der Waals surface area contributed by atoms with Crippen molar-refractivity contribution < 1.29 is 9.32 Å². The first-order chi connectivity index (χ1) is 11.0. The second-order valence-corrected chi connectivity index (χ2v) is 5.49. The molecule has 118 valence electrons. The lowest BCUT2D eigenvalue weighted by Gasteiger charge is -2.11. The molecule has 0 fully saturated rings. The Balaban J connectivity index is 1.83. The third-order valence-electron chi connectivity index (χ3n) is 3.69. The number of amides is 1. The maximum atomic E-state index is 11.0. The predicted octanol–water partition coefficient (Wildman–Crippen LogP) is 2.65. The summed E-state index contributed by atoms with van der Waals surface area (Å²) in [6.07, 6.45) is 1.76. The lowest BCUT2D eigenvalue weighted by Crippen LogP contribution is -2.13. The number of rotatable bonds is 5. The van der Waals surface area contributed by atoms with E-state index in [9.17, 15) is 4.79 Å². The maximum Gasteiger partial charge on any atom is 0.263 e. The van der Waals surface area contributed by atoms with Crippen molar-refractivity contribution in [2.24, 2.45) is 5.73 Å². The van der Waals surface area contributed by atoms with E-state index in [1.807, 2.05) is 38.1 Å². The lowest BCUT2D eigenvalue weighted by molar-refractivity contribution is -0.118. The van der Waals surface area contributed by atoms with Crippen LogP contribution < -0.4 is 11.1 Å². The molecule has 1 atom stereocenters. The SMILES string of the molecule is Cc1noc2ncnc(Nc3ccc(C(C)CC(N)=O)cc3)c12. The topological polar surface area (TPSA) is 107 Å². The molecule has 0 bridgehead atoms. The summed E-state index contributed by atoms with van der Waals surface area (Å²) in [5, 5.41) is 7.90. The van der Waals surface area contributed by atoms with E-state index in [0.717, 1.165) is 22.3 Å². The molecule has 23 heavy (non-hydrogen) atoms. The molecule has 0 saturated carbocycles. The van der Waals surface area contributed by atoms with Crippen LogP contribution in [0.25, 0.3) is 11.1 Å². The van der Waals surface area contributed by atoms with Gasteiger partial charge in [0.1, 0.15) is 17.5 Å². The number of anilines is 2. The predicted molar refractivity (Wildman–Crippen MR) is 86.3 cm³/mol. The molecule has 7 nitrogen and oxygen atoms in total. The van der Waals surface area contributed by atoms with Gasteiger partial charge in [-0.15, -0.1) is 0 Å². The minimum Gasteiger partial charge on any atom is -0.370 e. The van der Waals surface area contributed by atoms with Crippen molar-refractivity contribution in [1.82, 2.24) is 15.1 Å². The standard InChI is InChI=1S/C16H17N5O2/c1-9(7-13(17)22)11-3-5-12(6-4-11)20-15-14-10(2)21-23-16(14)19-8-18-15/h3-6,8-9H,7H2,1-2H3,(H2,17,22)(H,18,19,20). The number of fused-ring (bicyclic) bond motifs is 1. The lowest BCUT2D eigenvalue weighted by atomic mass is 9.97. The van der Waals surface area contributed by atoms with Crippen LogP contribution in [0.2, 0.25) is 0 Å². The van der Waals surface area contributed by atoms with Gasteiger partial charge >= 0.3 is 0 Å². The molecule has 0 saturated heterocycles. The van der Waals surface area contributed by atoms with E-state index >= 15 is 0 Å². The average molecular weight is 311 g/mol. The summed E-state index contributed by atoms with van der Waals surface area (Å²) in [5.74, 6) is 0.435. The smallest absolute Gasteiger partial charge is 0.263 e. The Morgan fingerprint density at radius 2 is 2.04 bits per heavy atom. The Morgan fingerprint density at radius 3 is 2.74 bits per heavy atom. The molecule has 0 aliphatic rings. The molecule has 7 heteroatoms. The summed E-state index contributed by atoms with van der Waals surface area (Å²) in [4.78, 5) is 19.3. The maximum absolute atomic E-state index is 11.0. The van der Waals surface area contributed by atoms with E-state index in [-0.39, 0.29) is 11.8 Å². The van der Waals surface area contributed by atoms with Gasteiger partial charge in [0.15, 0.2) is 0 Å². The van der Waals surface area contributed by atoms with Crippen molar-refractivity contribution in [3.05, 3.63) is 41.9 Å². The summed E-state index contributed by atoms with van der Waals surface area (Å²) in [7, 11) is 0. The van der Waals surface area contributed by atoms with Gasteiger partial charge in [-0.2, -0.15) is 4.98 Å². The zero-order valence-electron chi connectivity index (χ0n) is 12.9. The van der Waals surface area contributed by atoms with Crippen molar-refractivity contribution in [2.75, 3.05) is 5.32 Å². The number of nitrogens with zero attached hydrogens (tertiary/aromatic N) is 3. The fraction of sp³-hybridized carbons (Fsp3) is 0.250.